The van der Waals surface area contributed by atoms with E-state index in [4.69, 9.17) is 5.73 Å². The van der Waals surface area contributed by atoms with Crippen LogP contribution in [0, 0.1) is 0 Å². The number of thiophene rings is 2. The standard InChI is InChI=1S/C20H27N3O5S3.C19H26N2O4S3/c1-16(24)23-10-2-9-22(11-12-23)13-14-30(25,26)18-4-6-19(7-5-18)31(27,28)20-8-3-17(15-21)29-20;1-2-16-4-9-19(26-16)28(24,25)18-7-5-17(6-8-18)27(22,23)15-14-21-12-3-10-20-11-13-21/h3-8H,2,9-15,21H2,1H3;4-9,20H,2-3,10-15H2,1H3. The quantitative estimate of drug-likeness (QED) is 0.186. The molecule has 2 aliphatic rings. The molecule has 0 atom stereocenters. The third-order valence-electron chi connectivity index (χ3n) is 10.2. The first-order chi connectivity index (χ1) is 28.0. The Morgan fingerprint density at radius 2 is 1.07 bits per heavy atom. The van der Waals surface area contributed by atoms with Crippen LogP contribution in [0.15, 0.2) is 101 Å². The summed E-state index contributed by atoms with van der Waals surface area (Å²) in [5.41, 5.74) is 5.55. The van der Waals surface area contributed by atoms with E-state index in [0.717, 1.165) is 73.1 Å². The number of carbonyl (C=O) groups is 1. The lowest BCUT2D eigenvalue weighted by Gasteiger charge is -2.21. The van der Waals surface area contributed by atoms with E-state index in [2.05, 4.69) is 10.2 Å². The van der Waals surface area contributed by atoms with E-state index in [0.29, 0.717) is 32.7 Å². The molecule has 6 rings (SSSR count). The van der Waals surface area contributed by atoms with Crippen LogP contribution in [0.3, 0.4) is 0 Å². The van der Waals surface area contributed by atoms with Crippen LogP contribution in [0.1, 0.15) is 36.4 Å². The Hall–Kier alpha value is -3.05. The van der Waals surface area contributed by atoms with Crippen molar-refractivity contribution in [2.24, 2.45) is 5.73 Å². The van der Waals surface area contributed by atoms with E-state index in [1.807, 2.05) is 17.9 Å². The minimum Gasteiger partial charge on any atom is -0.342 e. The van der Waals surface area contributed by atoms with Crippen LogP contribution < -0.4 is 11.1 Å². The molecule has 1 amide bonds. The first-order valence-electron chi connectivity index (χ1n) is 19.4. The normalized spacial score (nSPS) is 16.5. The Morgan fingerprint density at radius 3 is 1.54 bits per heavy atom. The largest absolute Gasteiger partial charge is 0.342 e. The summed E-state index contributed by atoms with van der Waals surface area (Å²) in [5.74, 6) is -0.000271. The van der Waals surface area contributed by atoms with E-state index in [1.165, 1.54) is 65.9 Å². The van der Waals surface area contributed by atoms with Crippen LogP contribution in [-0.4, -0.2) is 131 Å². The molecule has 2 aromatic heterocycles. The summed E-state index contributed by atoms with van der Waals surface area (Å²) in [6, 6.07) is 17.6. The molecule has 0 saturated carbocycles. The van der Waals surface area contributed by atoms with Gasteiger partial charge in [0, 0.05) is 69.0 Å². The van der Waals surface area contributed by atoms with Gasteiger partial charge < -0.3 is 25.8 Å². The molecule has 2 saturated heterocycles. The molecular formula is C39H53N5O9S6. The predicted molar refractivity (Wildman–Crippen MR) is 231 cm³/mol. The van der Waals surface area contributed by atoms with Crippen molar-refractivity contribution >= 4 is 67.9 Å². The maximum absolute atomic E-state index is 12.8. The zero-order valence-electron chi connectivity index (χ0n) is 33.3. The summed E-state index contributed by atoms with van der Waals surface area (Å²) in [5, 5.41) is 3.30. The van der Waals surface area contributed by atoms with Crippen LogP contribution in [-0.2, 0) is 57.1 Å². The van der Waals surface area contributed by atoms with Crippen LogP contribution in [0.4, 0.5) is 0 Å². The topological polar surface area (TPSA) is 201 Å². The molecule has 0 unspecified atom stereocenters. The number of amides is 1. The molecule has 3 N–H and O–H groups in total. The highest BCUT2D eigenvalue weighted by molar-refractivity contribution is 7.94. The number of benzene rings is 2. The molecular weight excluding hydrogens is 875 g/mol. The maximum atomic E-state index is 12.8. The molecule has 2 aliphatic heterocycles. The molecule has 0 spiro atoms. The molecule has 2 aromatic carbocycles. The van der Waals surface area contributed by atoms with Gasteiger partial charge in [0.15, 0.2) is 19.7 Å². The summed E-state index contributed by atoms with van der Waals surface area (Å²) < 4.78 is 102. The number of aryl methyl sites for hydroxylation is 1. The molecule has 14 nitrogen and oxygen atoms in total. The number of nitrogens with zero attached hydrogens (tertiary/aromatic N) is 3. The highest BCUT2D eigenvalue weighted by atomic mass is 32.2. The van der Waals surface area contributed by atoms with Gasteiger partial charge in [-0.25, -0.2) is 33.7 Å². The molecule has 4 aromatic rings. The highest BCUT2D eigenvalue weighted by Gasteiger charge is 2.25. The second kappa shape index (κ2) is 20.7. The lowest BCUT2D eigenvalue weighted by atomic mass is 10.4. The fourth-order valence-corrected chi connectivity index (χ4v) is 14.5. The third-order valence-corrected chi connectivity index (χ3v) is 20.4. The Labute approximate surface area is 357 Å². The van der Waals surface area contributed by atoms with Crippen molar-refractivity contribution in [3.8, 4) is 0 Å². The summed E-state index contributed by atoms with van der Waals surface area (Å²) in [6.45, 7) is 10.9. The number of hydrogen-bond acceptors (Lipinski definition) is 15. The van der Waals surface area contributed by atoms with Gasteiger partial charge in [-0.15, -0.1) is 22.7 Å². The third kappa shape index (κ3) is 12.5. The van der Waals surface area contributed by atoms with Gasteiger partial charge in [-0.05, 0) is 112 Å². The molecule has 324 valence electrons. The van der Waals surface area contributed by atoms with Crippen molar-refractivity contribution in [2.75, 3.05) is 77.0 Å². The lowest BCUT2D eigenvalue weighted by Crippen LogP contribution is -2.35. The van der Waals surface area contributed by atoms with Gasteiger partial charge in [-0.2, -0.15) is 0 Å². The average Bonchev–Trinajstić information content (AvgIpc) is 3.77. The summed E-state index contributed by atoms with van der Waals surface area (Å²) >= 11 is 2.36. The average molecular weight is 928 g/mol. The Bertz CT molecular complexity index is 2460. The summed E-state index contributed by atoms with van der Waals surface area (Å²) in [4.78, 5) is 19.7. The van der Waals surface area contributed by atoms with Crippen molar-refractivity contribution in [2.45, 2.75) is 67.7 Å². The van der Waals surface area contributed by atoms with Gasteiger partial charge in [0.1, 0.15) is 8.42 Å². The number of rotatable bonds is 14. The first-order valence-corrected chi connectivity index (χ1v) is 27.3. The molecule has 0 bridgehead atoms. The number of nitrogens with two attached hydrogens (primary N) is 1. The van der Waals surface area contributed by atoms with Crippen LogP contribution >= 0.6 is 22.7 Å². The maximum Gasteiger partial charge on any atom is 0.219 e. The van der Waals surface area contributed by atoms with E-state index >= 15 is 0 Å². The van der Waals surface area contributed by atoms with Crippen molar-refractivity contribution in [3.05, 3.63) is 82.6 Å². The summed E-state index contributed by atoms with van der Waals surface area (Å²) in [7, 11) is -14.3. The zero-order valence-corrected chi connectivity index (χ0v) is 38.2. The number of carbonyl (C=O) groups excluding carboxylic acids is 1. The fourth-order valence-electron chi connectivity index (χ4n) is 6.56. The highest BCUT2D eigenvalue weighted by Crippen LogP contribution is 2.30. The number of nitrogens with one attached hydrogen (secondary N) is 1. The van der Waals surface area contributed by atoms with Crippen molar-refractivity contribution < 1.29 is 38.5 Å². The molecule has 2 fully saturated rings. The minimum absolute atomic E-state index is 0.0316. The van der Waals surface area contributed by atoms with Crippen LogP contribution in [0.25, 0.3) is 0 Å². The molecule has 59 heavy (non-hydrogen) atoms. The zero-order chi connectivity index (χ0) is 42.8. The van der Waals surface area contributed by atoms with E-state index in [1.54, 1.807) is 24.0 Å². The van der Waals surface area contributed by atoms with Gasteiger partial charge in [-0.3, -0.25) is 4.79 Å². The second-order valence-electron chi connectivity index (χ2n) is 14.2. The van der Waals surface area contributed by atoms with Crippen molar-refractivity contribution in [1.29, 1.82) is 0 Å². The van der Waals surface area contributed by atoms with Gasteiger partial charge in [-0.1, -0.05) is 6.92 Å². The Balaban J connectivity index is 0.000000225. The molecule has 0 aliphatic carbocycles. The summed E-state index contributed by atoms with van der Waals surface area (Å²) in [6.07, 6.45) is 2.60. The smallest absolute Gasteiger partial charge is 0.219 e. The molecule has 0 radical (unpaired) electrons. The molecule has 4 heterocycles. The fraction of sp³-hybridized carbons (Fsp3) is 0.462. The van der Waals surface area contributed by atoms with Crippen molar-refractivity contribution in [3.63, 3.8) is 0 Å². The van der Waals surface area contributed by atoms with E-state index in [-0.39, 0.29) is 52.0 Å². The van der Waals surface area contributed by atoms with Gasteiger partial charge >= 0.3 is 0 Å². The Kier molecular flexibility index (Phi) is 16.5. The lowest BCUT2D eigenvalue weighted by molar-refractivity contribution is -0.128. The van der Waals surface area contributed by atoms with Gasteiger partial charge in [0.2, 0.25) is 25.6 Å². The van der Waals surface area contributed by atoms with Gasteiger partial charge in [0.25, 0.3) is 0 Å². The van der Waals surface area contributed by atoms with Crippen LogP contribution in [0.5, 0.6) is 0 Å². The van der Waals surface area contributed by atoms with Crippen molar-refractivity contribution in [1.82, 2.24) is 20.0 Å². The number of sulfone groups is 4. The van der Waals surface area contributed by atoms with Gasteiger partial charge in [0.05, 0.1) is 31.1 Å². The SMILES string of the molecule is CC(=O)N1CCCN(CCS(=O)(=O)c2ccc(S(=O)(=O)c3ccc(CN)s3)cc2)CC1.CCc1ccc(S(=O)(=O)c2ccc(S(=O)(=O)CCN3CCCNCC3)cc2)s1. The Morgan fingerprint density at radius 1 is 0.593 bits per heavy atom. The predicted octanol–water partition coefficient (Wildman–Crippen LogP) is 3.58. The second-order valence-corrected chi connectivity index (χ2v) is 25.1. The minimum atomic E-state index is -3.71. The monoisotopic (exact) mass is 927 g/mol. The van der Waals surface area contributed by atoms with E-state index in [9.17, 15) is 38.5 Å². The van der Waals surface area contributed by atoms with Crippen LogP contribution in [0.2, 0.25) is 0 Å². The molecule has 20 heteroatoms. The number of hydrogen-bond donors (Lipinski definition) is 2. The first kappa shape index (κ1) is 47.0. The van der Waals surface area contributed by atoms with E-state index < -0.39 is 39.3 Å².